The van der Waals surface area contributed by atoms with E-state index >= 15 is 0 Å². The summed E-state index contributed by atoms with van der Waals surface area (Å²) in [5.41, 5.74) is 2.46. The van der Waals surface area contributed by atoms with Gasteiger partial charge in [0.2, 0.25) is 0 Å². The highest BCUT2D eigenvalue weighted by Crippen LogP contribution is 2.24. The van der Waals surface area contributed by atoms with E-state index in [1.165, 1.54) is 70.2 Å². The first-order chi connectivity index (χ1) is 23.7. The van der Waals surface area contributed by atoms with E-state index in [9.17, 15) is 19.2 Å². The van der Waals surface area contributed by atoms with E-state index in [4.69, 9.17) is 23.7 Å². The zero-order chi connectivity index (χ0) is 35.4. The maximum absolute atomic E-state index is 12.8. The van der Waals surface area contributed by atoms with Crippen molar-refractivity contribution in [1.82, 2.24) is 0 Å². The van der Waals surface area contributed by atoms with Gasteiger partial charge in [-0.05, 0) is 86.3 Å². The van der Waals surface area contributed by atoms with Crippen LogP contribution in [0.25, 0.3) is 11.1 Å². The first-order valence-electron chi connectivity index (χ1n) is 17.5. The van der Waals surface area contributed by atoms with Gasteiger partial charge in [0.05, 0.1) is 24.3 Å². The summed E-state index contributed by atoms with van der Waals surface area (Å²) in [4.78, 5) is 49.8. The molecular weight excluding hydrogens is 624 g/mol. The van der Waals surface area contributed by atoms with Gasteiger partial charge in [0.15, 0.2) is 12.2 Å². The molecule has 264 valence electrons. The van der Waals surface area contributed by atoms with Gasteiger partial charge >= 0.3 is 23.9 Å². The molecule has 0 bridgehead atoms. The van der Waals surface area contributed by atoms with Crippen LogP contribution in [0.1, 0.15) is 113 Å². The number of esters is 4. The Labute approximate surface area is 290 Å². The second kappa shape index (κ2) is 21.3. The van der Waals surface area contributed by atoms with E-state index in [0.29, 0.717) is 12.2 Å². The molecule has 0 heterocycles. The van der Waals surface area contributed by atoms with Crippen molar-refractivity contribution in [2.45, 2.75) is 104 Å². The summed E-state index contributed by atoms with van der Waals surface area (Å²) >= 11 is 0. The fraction of sp³-hybridized carbons (Fsp3) is 0.450. The molecule has 0 aromatic heterocycles. The molecule has 0 spiro atoms. The molecule has 0 amide bonds. The molecule has 3 aromatic carbocycles. The summed E-state index contributed by atoms with van der Waals surface area (Å²) in [6.07, 6.45) is 8.76. The fourth-order valence-corrected chi connectivity index (χ4v) is 4.85. The third-order valence-corrected chi connectivity index (χ3v) is 7.86. The monoisotopic (exact) mass is 674 g/mol. The quantitative estimate of drug-likeness (QED) is 0.0473. The molecule has 0 saturated heterocycles. The van der Waals surface area contributed by atoms with Crippen LogP contribution in [0.5, 0.6) is 11.5 Å². The summed E-state index contributed by atoms with van der Waals surface area (Å²) in [7, 11) is 0. The topological polar surface area (TPSA) is 114 Å². The molecule has 3 rings (SSSR count). The van der Waals surface area contributed by atoms with E-state index in [-0.39, 0.29) is 17.9 Å². The summed E-state index contributed by atoms with van der Waals surface area (Å²) in [5, 5.41) is 0. The molecule has 3 aromatic rings. The Morgan fingerprint density at radius 3 is 1.61 bits per heavy atom. The van der Waals surface area contributed by atoms with Crippen molar-refractivity contribution in [3.8, 4) is 22.6 Å². The van der Waals surface area contributed by atoms with Gasteiger partial charge in [-0.15, -0.1) is 0 Å². The van der Waals surface area contributed by atoms with Crippen LogP contribution in [-0.4, -0.2) is 49.3 Å². The van der Waals surface area contributed by atoms with Gasteiger partial charge in [0.25, 0.3) is 0 Å². The highest BCUT2D eigenvalue weighted by molar-refractivity contribution is 5.93. The van der Waals surface area contributed by atoms with Crippen molar-refractivity contribution >= 4 is 23.9 Å². The lowest BCUT2D eigenvalue weighted by molar-refractivity contribution is -0.171. The predicted molar refractivity (Wildman–Crippen MR) is 188 cm³/mol. The molecule has 9 heteroatoms. The molecule has 0 fully saturated rings. The van der Waals surface area contributed by atoms with Crippen molar-refractivity contribution < 1.29 is 42.9 Å². The molecule has 49 heavy (non-hydrogen) atoms. The summed E-state index contributed by atoms with van der Waals surface area (Å²) in [6, 6.07) is 20.8. The Hall–Kier alpha value is -4.66. The number of hydrogen-bond donors (Lipinski definition) is 0. The van der Waals surface area contributed by atoms with Crippen molar-refractivity contribution in [2.24, 2.45) is 0 Å². The van der Waals surface area contributed by atoms with Crippen LogP contribution in [0.2, 0.25) is 0 Å². The van der Waals surface area contributed by atoms with Gasteiger partial charge in [-0.2, -0.15) is 0 Å². The zero-order valence-electron chi connectivity index (χ0n) is 29.2. The van der Waals surface area contributed by atoms with Crippen molar-refractivity contribution in [2.75, 3.05) is 13.2 Å². The standard InChI is InChI=1S/C40H50O9/c1-5-7-9-11-12-14-27-45-35-23-19-32(20-24-35)31-15-17-33(18-16-31)40(44)49-36-25-21-34(22-26-36)39(43)48-30(4)38(42)47-29(3)37(41)46-28-13-10-8-6-2/h15-26,29-30H,5-14,27-28H2,1-4H3/t29-,30-/m0/s1. The summed E-state index contributed by atoms with van der Waals surface area (Å²) in [6.45, 7) is 8.03. The molecule has 0 aliphatic heterocycles. The maximum atomic E-state index is 12.8. The fourth-order valence-electron chi connectivity index (χ4n) is 4.85. The molecule has 9 nitrogen and oxygen atoms in total. The molecular formula is C40H50O9. The Balaban J connectivity index is 1.42. The van der Waals surface area contributed by atoms with Crippen LogP contribution in [0.15, 0.2) is 72.8 Å². The highest BCUT2D eigenvalue weighted by Gasteiger charge is 2.26. The largest absolute Gasteiger partial charge is 0.494 e. The Kier molecular flexibility index (Phi) is 16.9. The van der Waals surface area contributed by atoms with Crippen LogP contribution in [0.4, 0.5) is 0 Å². The minimum atomic E-state index is -1.26. The van der Waals surface area contributed by atoms with Gasteiger partial charge in [0.1, 0.15) is 11.5 Å². The van der Waals surface area contributed by atoms with Crippen molar-refractivity contribution in [1.29, 1.82) is 0 Å². The van der Waals surface area contributed by atoms with Crippen LogP contribution in [-0.2, 0) is 23.8 Å². The number of carbonyl (C=O) groups is 4. The molecule has 0 saturated carbocycles. The minimum Gasteiger partial charge on any atom is -0.494 e. The van der Waals surface area contributed by atoms with Gasteiger partial charge in [-0.3, -0.25) is 0 Å². The van der Waals surface area contributed by atoms with Gasteiger partial charge in [-0.25, -0.2) is 19.2 Å². The molecule has 0 aliphatic carbocycles. The van der Waals surface area contributed by atoms with Crippen LogP contribution in [0.3, 0.4) is 0 Å². The molecule has 0 aliphatic rings. The van der Waals surface area contributed by atoms with Crippen LogP contribution in [0, 0.1) is 0 Å². The molecule has 0 radical (unpaired) electrons. The normalized spacial score (nSPS) is 12.0. The van der Waals surface area contributed by atoms with Gasteiger partial charge in [0, 0.05) is 0 Å². The van der Waals surface area contributed by atoms with Crippen molar-refractivity contribution in [3.05, 3.63) is 83.9 Å². The van der Waals surface area contributed by atoms with E-state index in [0.717, 1.165) is 49.0 Å². The number of rotatable bonds is 21. The second-order valence-electron chi connectivity index (χ2n) is 12.0. The second-order valence-corrected chi connectivity index (χ2v) is 12.0. The minimum absolute atomic E-state index is 0.141. The van der Waals surface area contributed by atoms with Crippen molar-refractivity contribution in [3.63, 3.8) is 0 Å². The average molecular weight is 675 g/mol. The number of hydrogen-bond acceptors (Lipinski definition) is 9. The smallest absolute Gasteiger partial charge is 0.348 e. The Bertz CT molecular complexity index is 1450. The number of unbranched alkanes of at least 4 members (excludes halogenated alkanes) is 8. The Morgan fingerprint density at radius 1 is 0.510 bits per heavy atom. The third-order valence-electron chi connectivity index (χ3n) is 7.86. The first-order valence-corrected chi connectivity index (χ1v) is 17.5. The lowest BCUT2D eigenvalue weighted by Crippen LogP contribution is -2.33. The average Bonchev–Trinajstić information content (AvgIpc) is 3.11. The van der Waals surface area contributed by atoms with E-state index < -0.39 is 36.1 Å². The van der Waals surface area contributed by atoms with Gasteiger partial charge < -0.3 is 23.7 Å². The summed E-state index contributed by atoms with van der Waals surface area (Å²) < 4.78 is 26.8. The molecule has 0 N–H and O–H groups in total. The number of benzene rings is 3. The molecule has 0 unspecified atom stereocenters. The maximum Gasteiger partial charge on any atom is 0.348 e. The lowest BCUT2D eigenvalue weighted by atomic mass is 10.0. The Morgan fingerprint density at radius 2 is 0.980 bits per heavy atom. The first kappa shape index (κ1) is 38.8. The van der Waals surface area contributed by atoms with E-state index in [1.54, 1.807) is 12.1 Å². The highest BCUT2D eigenvalue weighted by atomic mass is 16.6. The van der Waals surface area contributed by atoms with E-state index in [2.05, 4.69) is 13.8 Å². The summed E-state index contributed by atoms with van der Waals surface area (Å²) in [5.74, 6) is -1.78. The predicted octanol–water partition coefficient (Wildman–Crippen LogP) is 8.91. The van der Waals surface area contributed by atoms with E-state index in [1.807, 2.05) is 36.4 Å². The van der Waals surface area contributed by atoms with Crippen LogP contribution < -0.4 is 9.47 Å². The number of carbonyl (C=O) groups excluding carboxylic acids is 4. The SMILES string of the molecule is CCCCCCCCOc1ccc(-c2ccc(C(=O)Oc3ccc(C(=O)O[C@@H](C)C(=O)O[C@@H](C)C(=O)OCCCCCC)cc3)cc2)cc1. The molecule has 2 atom stereocenters. The third kappa shape index (κ3) is 13.8. The van der Waals surface area contributed by atoms with Gasteiger partial charge in [-0.1, -0.05) is 89.5 Å². The van der Waals surface area contributed by atoms with Crippen LogP contribution >= 0.6 is 0 Å². The number of ether oxygens (including phenoxy) is 5. The zero-order valence-corrected chi connectivity index (χ0v) is 29.2. The lowest BCUT2D eigenvalue weighted by Gasteiger charge is -2.16.